The lowest BCUT2D eigenvalue weighted by Gasteiger charge is -2.31. The van der Waals surface area contributed by atoms with E-state index in [1.165, 1.54) is 0 Å². The first-order valence-corrected chi connectivity index (χ1v) is 6.32. The van der Waals surface area contributed by atoms with Crippen LogP contribution in [0.25, 0.3) is 0 Å². The van der Waals surface area contributed by atoms with Crippen LogP contribution in [0.3, 0.4) is 0 Å². The van der Waals surface area contributed by atoms with Gasteiger partial charge < -0.3 is 0 Å². The fourth-order valence-electron chi connectivity index (χ4n) is 2.22. The highest BCUT2D eigenvalue weighted by molar-refractivity contribution is 6.29. The van der Waals surface area contributed by atoms with Crippen molar-refractivity contribution in [2.24, 2.45) is 0 Å². The molecule has 1 aromatic carbocycles. The number of nitrogens with zero attached hydrogens (tertiary/aromatic N) is 3. The van der Waals surface area contributed by atoms with Crippen LogP contribution in [0, 0.1) is 22.7 Å². The van der Waals surface area contributed by atoms with Gasteiger partial charge in [-0.15, -0.1) is 0 Å². The van der Waals surface area contributed by atoms with Crippen molar-refractivity contribution < 1.29 is 9.59 Å². The van der Waals surface area contributed by atoms with Gasteiger partial charge in [-0.05, 0) is 5.56 Å². The molecule has 2 amide bonds. The van der Waals surface area contributed by atoms with Crippen LogP contribution >= 0.6 is 11.6 Å². The Morgan fingerprint density at radius 1 is 1.10 bits per heavy atom. The summed E-state index contributed by atoms with van der Waals surface area (Å²) in [6, 6.07) is 10.7. The summed E-state index contributed by atoms with van der Waals surface area (Å²) in [6.45, 7) is 0. The number of carbonyl (C=O) groups is 2. The first-order valence-electron chi connectivity index (χ1n) is 5.94. The summed E-state index contributed by atoms with van der Waals surface area (Å²) >= 11 is 6.05. The van der Waals surface area contributed by atoms with Crippen molar-refractivity contribution in [3.63, 3.8) is 0 Å². The summed E-state index contributed by atoms with van der Waals surface area (Å²) in [4.78, 5) is 22.7. The number of carbonyl (C=O) groups excluding carboxylic acids is 2. The van der Waals surface area contributed by atoms with E-state index in [0.717, 1.165) is 4.90 Å². The van der Waals surface area contributed by atoms with Crippen molar-refractivity contribution in [3.8, 4) is 12.1 Å². The molecule has 20 heavy (non-hydrogen) atoms. The van der Waals surface area contributed by atoms with Crippen LogP contribution in [0.2, 0.25) is 0 Å². The number of imide groups is 1. The lowest BCUT2D eigenvalue weighted by atomic mass is 9.93. The van der Waals surface area contributed by atoms with Crippen LogP contribution in [-0.4, -0.2) is 21.6 Å². The highest BCUT2D eigenvalue weighted by Crippen LogP contribution is 2.39. The molecule has 100 valence electrons. The minimum absolute atomic E-state index is 0.0754. The molecule has 0 N–H and O–H groups in total. The fourth-order valence-corrected chi connectivity index (χ4v) is 2.44. The number of likely N-dealkylation sites (tertiary alicyclic amines) is 1. The van der Waals surface area contributed by atoms with Crippen LogP contribution in [0.5, 0.6) is 0 Å². The van der Waals surface area contributed by atoms with Gasteiger partial charge in [-0.1, -0.05) is 41.9 Å². The molecule has 0 saturated carbocycles. The van der Waals surface area contributed by atoms with Crippen molar-refractivity contribution in [3.05, 3.63) is 35.9 Å². The molecular weight excluding hydrogens is 278 g/mol. The molecule has 2 rings (SSSR count). The topological polar surface area (TPSA) is 85.0 Å². The first kappa shape index (κ1) is 14.0. The van der Waals surface area contributed by atoms with Gasteiger partial charge in [0.2, 0.25) is 16.7 Å². The van der Waals surface area contributed by atoms with E-state index in [4.69, 9.17) is 11.6 Å². The number of benzene rings is 1. The predicted molar refractivity (Wildman–Crippen MR) is 70.1 cm³/mol. The molecule has 1 atom stereocenters. The molecule has 1 fully saturated rings. The van der Waals surface area contributed by atoms with Gasteiger partial charge in [0, 0.05) is 12.8 Å². The zero-order chi connectivity index (χ0) is 14.8. The maximum Gasteiger partial charge on any atom is 0.240 e. The summed E-state index contributed by atoms with van der Waals surface area (Å²) in [5, 5.41) is 18.4. The molecule has 1 heterocycles. The van der Waals surface area contributed by atoms with Gasteiger partial charge >= 0.3 is 0 Å². The van der Waals surface area contributed by atoms with Gasteiger partial charge in [-0.2, -0.15) is 10.5 Å². The van der Waals surface area contributed by atoms with Gasteiger partial charge in [0.25, 0.3) is 0 Å². The molecule has 0 unspecified atom stereocenters. The summed E-state index contributed by atoms with van der Waals surface area (Å²) in [6.07, 6.45) is 0.151. The maximum absolute atomic E-state index is 11.9. The summed E-state index contributed by atoms with van der Waals surface area (Å²) in [5.41, 5.74) is 0.481. The smallest absolute Gasteiger partial charge is 0.240 e. The molecule has 0 radical (unpaired) electrons. The van der Waals surface area contributed by atoms with Crippen LogP contribution in [0.1, 0.15) is 24.4 Å². The Balaban J connectivity index is 2.57. The van der Waals surface area contributed by atoms with E-state index >= 15 is 0 Å². The molecule has 1 aromatic rings. The van der Waals surface area contributed by atoms with Crippen molar-refractivity contribution in [1.29, 1.82) is 10.5 Å². The quantitative estimate of drug-likeness (QED) is 0.628. The summed E-state index contributed by atoms with van der Waals surface area (Å²) in [5.74, 6) is -0.834. The van der Waals surface area contributed by atoms with E-state index in [0.29, 0.717) is 5.56 Å². The molecule has 1 aliphatic heterocycles. The third-order valence-electron chi connectivity index (χ3n) is 3.17. The minimum atomic E-state index is -2.00. The molecule has 0 aromatic heterocycles. The van der Waals surface area contributed by atoms with Gasteiger partial charge in [0.15, 0.2) is 0 Å². The first-order chi connectivity index (χ1) is 9.53. The molecule has 0 aliphatic carbocycles. The number of hydrogen-bond acceptors (Lipinski definition) is 4. The van der Waals surface area contributed by atoms with Crippen LogP contribution in [-0.2, 0) is 9.59 Å². The summed E-state index contributed by atoms with van der Waals surface area (Å²) < 4.78 is 0. The third-order valence-corrected chi connectivity index (χ3v) is 3.54. The average molecular weight is 288 g/mol. The maximum atomic E-state index is 11.9. The van der Waals surface area contributed by atoms with Gasteiger partial charge in [-0.25, -0.2) is 0 Å². The lowest BCUT2D eigenvalue weighted by Crippen LogP contribution is -2.44. The molecule has 6 heteroatoms. The molecular formula is C14H10ClN3O2. The van der Waals surface area contributed by atoms with Crippen molar-refractivity contribution in [2.45, 2.75) is 23.8 Å². The SMILES string of the molecule is N#CC(Cl)(C#N)[C@H](c1ccccc1)N1C(=O)CCC1=O. The Kier molecular flexibility index (Phi) is 3.74. The van der Waals surface area contributed by atoms with Crippen LogP contribution in [0.15, 0.2) is 30.3 Å². The number of alkyl halides is 1. The number of hydrogen-bond donors (Lipinski definition) is 0. The molecule has 1 saturated heterocycles. The van der Waals surface area contributed by atoms with E-state index in [1.54, 1.807) is 42.5 Å². The Bertz CT molecular complexity index is 600. The number of rotatable bonds is 3. The third kappa shape index (κ3) is 2.24. The number of nitriles is 2. The monoisotopic (exact) mass is 287 g/mol. The number of halogens is 1. The zero-order valence-electron chi connectivity index (χ0n) is 10.4. The largest absolute Gasteiger partial charge is 0.274 e. The predicted octanol–water partition coefficient (Wildman–Crippen LogP) is 1.90. The van der Waals surface area contributed by atoms with E-state index in [-0.39, 0.29) is 12.8 Å². The Labute approximate surface area is 121 Å². The van der Waals surface area contributed by atoms with E-state index in [9.17, 15) is 20.1 Å². The Morgan fingerprint density at radius 3 is 2.05 bits per heavy atom. The van der Waals surface area contributed by atoms with Crippen molar-refractivity contribution in [1.82, 2.24) is 4.90 Å². The lowest BCUT2D eigenvalue weighted by molar-refractivity contribution is -0.141. The highest BCUT2D eigenvalue weighted by atomic mass is 35.5. The van der Waals surface area contributed by atoms with E-state index < -0.39 is 22.7 Å². The minimum Gasteiger partial charge on any atom is -0.274 e. The standard InChI is InChI=1S/C14H10ClN3O2/c15-14(8-16,9-17)13(10-4-2-1-3-5-10)18-11(19)6-7-12(18)20/h1-5,13H,6-7H2/t13-/m0/s1. The number of amides is 2. The normalized spacial score (nSPS) is 16.6. The summed E-state index contributed by atoms with van der Waals surface area (Å²) in [7, 11) is 0. The second-order valence-electron chi connectivity index (χ2n) is 4.41. The van der Waals surface area contributed by atoms with Crippen molar-refractivity contribution in [2.75, 3.05) is 0 Å². The van der Waals surface area contributed by atoms with Gasteiger partial charge in [0.1, 0.15) is 18.2 Å². The second kappa shape index (κ2) is 5.32. The molecule has 1 aliphatic rings. The Morgan fingerprint density at radius 2 is 1.60 bits per heavy atom. The van der Waals surface area contributed by atoms with Crippen LogP contribution < -0.4 is 0 Å². The Hall–Kier alpha value is -2.37. The molecule has 0 spiro atoms. The van der Waals surface area contributed by atoms with Crippen LogP contribution in [0.4, 0.5) is 0 Å². The van der Waals surface area contributed by atoms with E-state index in [2.05, 4.69) is 0 Å². The molecule has 0 bridgehead atoms. The van der Waals surface area contributed by atoms with E-state index in [1.807, 2.05) is 0 Å². The fraction of sp³-hybridized carbons (Fsp3) is 0.286. The second-order valence-corrected chi connectivity index (χ2v) is 5.00. The zero-order valence-corrected chi connectivity index (χ0v) is 11.2. The van der Waals surface area contributed by atoms with Crippen molar-refractivity contribution >= 4 is 23.4 Å². The highest BCUT2D eigenvalue weighted by Gasteiger charge is 2.48. The average Bonchev–Trinajstić information content (AvgIpc) is 2.80. The van der Waals surface area contributed by atoms with Gasteiger partial charge in [0.05, 0.1) is 0 Å². The van der Waals surface area contributed by atoms with Gasteiger partial charge in [-0.3, -0.25) is 14.5 Å². The molecule has 5 nitrogen and oxygen atoms in total.